The molecule has 286 valence electrons. The minimum absolute atomic E-state index is 0.526. The summed E-state index contributed by atoms with van der Waals surface area (Å²) in [6, 6.07) is 38.7. The SMILES string of the molecule is CC(C)CCCCCCC(OP(O)O)(c1ccccc1)c1ccccc1.CC(C)CCCCCCC(c1ccccc1)(c1ccccc1)[PH](O)(O)O. The van der Waals surface area contributed by atoms with E-state index in [1.165, 1.54) is 32.1 Å². The Labute approximate surface area is 315 Å². The quantitative estimate of drug-likeness (QED) is 0.0428. The van der Waals surface area contributed by atoms with E-state index in [9.17, 15) is 24.5 Å². The molecule has 0 aliphatic carbocycles. The third-order valence-electron chi connectivity index (χ3n) is 9.97. The Bertz CT molecular complexity index is 1400. The van der Waals surface area contributed by atoms with Crippen LogP contribution in [-0.4, -0.2) is 24.5 Å². The van der Waals surface area contributed by atoms with Gasteiger partial charge in [0.15, 0.2) is 0 Å². The van der Waals surface area contributed by atoms with Gasteiger partial charge in [-0.25, -0.2) is 0 Å². The zero-order chi connectivity index (χ0) is 37.9. The molecule has 0 heterocycles. The van der Waals surface area contributed by atoms with Gasteiger partial charge in [0.05, 0.1) is 0 Å². The van der Waals surface area contributed by atoms with Gasteiger partial charge in [-0.15, -0.1) is 0 Å². The molecule has 0 amide bonds. The molecule has 5 N–H and O–H groups in total. The third kappa shape index (κ3) is 13.4. The molecule has 0 saturated heterocycles. The molecule has 0 spiro atoms. The van der Waals surface area contributed by atoms with Crippen LogP contribution < -0.4 is 0 Å². The zero-order valence-corrected chi connectivity index (χ0v) is 33.7. The van der Waals surface area contributed by atoms with E-state index in [4.69, 9.17) is 4.52 Å². The maximum absolute atomic E-state index is 10.6. The van der Waals surface area contributed by atoms with E-state index in [0.717, 1.165) is 72.6 Å². The topological polar surface area (TPSA) is 110 Å². The number of hydrogen-bond acceptors (Lipinski definition) is 6. The summed E-state index contributed by atoms with van der Waals surface area (Å²) in [6.07, 6.45) is 12.5. The fourth-order valence-electron chi connectivity index (χ4n) is 7.19. The van der Waals surface area contributed by atoms with Crippen molar-refractivity contribution in [3.8, 4) is 0 Å². The summed E-state index contributed by atoms with van der Waals surface area (Å²) in [5.74, 6) is 1.47. The Kier molecular flexibility index (Phi) is 19.1. The first-order chi connectivity index (χ1) is 24.9. The maximum atomic E-state index is 10.6. The van der Waals surface area contributed by atoms with E-state index in [-0.39, 0.29) is 0 Å². The first-order valence-corrected chi connectivity index (χ1v) is 22.2. The van der Waals surface area contributed by atoms with Crippen molar-refractivity contribution >= 4 is 16.5 Å². The molecule has 6 nitrogen and oxygen atoms in total. The van der Waals surface area contributed by atoms with Crippen LogP contribution in [0.4, 0.5) is 0 Å². The molecule has 4 rings (SSSR count). The van der Waals surface area contributed by atoms with Crippen LogP contribution in [0, 0.1) is 11.8 Å². The average molecular weight is 751 g/mol. The second-order valence-electron chi connectivity index (χ2n) is 14.9. The Hall–Kier alpha value is -2.50. The average Bonchev–Trinajstić information content (AvgIpc) is 3.13. The summed E-state index contributed by atoms with van der Waals surface area (Å²) in [6.45, 7) is 8.99. The molecular weight excluding hydrogens is 686 g/mol. The molecule has 8 heteroatoms. The van der Waals surface area contributed by atoms with Gasteiger partial charge >= 0.3 is 166 Å². The number of hydrogen-bond donors (Lipinski definition) is 5. The number of unbranched alkanes of at least 4 members (excludes halogenated alkanes) is 6. The molecule has 0 aliphatic heterocycles. The van der Waals surface area contributed by atoms with Gasteiger partial charge in [-0.2, -0.15) is 0 Å². The van der Waals surface area contributed by atoms with Crippen molar-refractivity contribution in [3.63, 3.8) is 0 Å². The molecule has 0 saturated carbocycles. The molecule has 4 aromatic rings. The number of benzene rings is 4. The summed E-state index contributed by atoms with van der Waals surface area (Å²) in [5, 5.41) is -1.13. The molecular formula is C44H64O6P2. The Morgan fingerprint density at radius 3 is 1.13 bits per heavy atom. The second-order valence-corrected chi connectivity index (χ2v) is 17.7. The monoisotopic (exact) mass is 750 g/mol. The van der Waals surface area contributed by atoms with Gasteiger partial charge in [0.25, 0.3) is 0 Å². The van der Waals surface area contributed by atoms with Gasteiger partial charge in [-0.05, 0) is 29.9 Å². The van der Waals surface area contributed by atoms with E-state index >= 15 is 0 Å². The van der Waals surface area contributed by atoms with Crippen LogP contribution in [0.3, 0.4) is 0 Å². The van der Waals surface area contributed by atoms with Crippen LogP contribution in [0.2, 0.25) is 0 Å². The molecule has 0 aliphatic rings. The summed E-state index contributed by atoms with van der Waals surface area (Å²) < 4.78 is 5.83. The van der Waals surface area contributed by atoms with Gasteiger partial charge < -0.3 is 9.79 Å². The minimum atomic E-state index is -4.50. The number of rotatable bonds is 21. The standard InChI is InChI=1S/C22H33O3P.C22H31O3P/c1-19(2)13-7-3-4-12-18-22(26(23,24)25,20-14-8-5-9-15-20)21-16-10-6-11-17-21;1-19(2)13-7-3-4-12-18-22(25-26(23)24,20-14-8-5-9-15-20)21-16-10-6-11-17-21/h5-6,8-11,14-17,19,23-26H,3-4,7,12-13,18H2,1-2H3;5-6,8-11,14-17,19,23-24H,3-4,7,12-13,18H2,1-2H3. The summed E-state index contributed by atoms with van der Waals surface area (Å²) in [5.41, 5.74) is 2.64. The Balaban J connectivity index is 0.000000280. The fraction of sp³-hybridized carbons (Fsp3) is 0.455. The van der Waals surface area contributed by atoms with Crippen molar-refractivity contribution in [1.82, 2.24) is 0 Å². The van der Waals surface area contributed by atoms with E-state index in [1.807, 2.05) is 121 Å². The van der Waals surface area contributed by atoms with Crippen molar-refractivity contribution in [1.29, 1.82) is 0 Å². The first-order valence-electron chi connectivity index (χ1n) is 19.2. The molecule has 0 bridgehead atoms. The van der Waals surface area contributed by atoms with Gasteiger partial charge in [0.2, 0.25) is 0 Å². The summed E-state index contributed by atoms with van der Waals surface area (Å²) in [7, 11) is -6.98. The van der Waals surface area contributed by atoms with Crippen molar-refractivity contribution in [3.05, 3.63) is 144 Å². The van der Waals surface area contributed by atoms with Crippen molar-refractivity contribution in [2.24, 2.45) is 11.8 Å². The van der Waals surface area contributed by atoms with Crippen LogP contribution in [0.5, 0.6) is 0 Å². The predicted molar refractivity (Wildman–Crippen MR) is 220 cm³/mol. The van der Waals surface area contributed by atoms with Gasteiger partial charge in [-0.3, -0.25) is 4.52 Å². The van der Waals surface area contributed by atoms with Crippen molar-refractivity contribution in [2.45, 2.75) is 116 Å². The fourth-order valence-corrected chi connectivity index (χ4v) is 9.39. The summed E-state index contributed by atoms with van der Waals surface area (Å²) in [4.78, 5) is 51.1. The van der Waals surface area contributed by atoms with Gasteiger partial charge in [-0.1, -0.05) is 100 Å². The second kappa shape index (κ2) is 22.7. The van der Waals surface area contributed by atoms with Crippen molar-refractivity contribution < 1.29 is 29.0 Å². The molecule has 0 radical (unpaired) electrons. The normalized spacial score (nSPS) is 12.6. The van der Waals surface area contributed by atoms with Crippen molar-refractivity contribution in [2.75, 3.05) is 0 Å². The Morgan fingerprint density at radius 2 is 0.808 bits per heavy atom. The van der Waals surface area contributed by atoms with Crippen LogP contribution in [0.1, 0.15) is 127 Å². The third-order valence-corrected chi connectivity index (χ3v) is 12.4. The molecule has 4 aromatic carbocycles. The van der Waals surface area contributed by atoms with Crippen LogP contribution >= 0.6 is 16.5 Å². The molecule has 0 fully saturated rings. The van der Waals surface area contributed by atoms with Crippen LogP contribution in [0.15, 0.2) is 121 Å². The summed E-state index contributed by atoms with van der Waals surface area (Å²) >= 11 is 0. The van der Waals surface area contributed by atoms with Gasteiger partial charge in [0, 0.05) is 0 Å². The predicted octanol–water partition coefficient (Wildman–Crippen LogP) is 11.6. The van der Waals surface area contributed by atoms with E-state index in [0.29, 0.717) is 6.42 Å². The first kappa shape index (κ1) is 43.9. The molecule has 0 atom stereocenters. The van der Waals surface area contributed by atoms with Crippen LogP contribution in [-0.2, 0) is 15.3 Å². The molecule has 0 unspecified atom stereocenters. The molecule has 52 heavy (non-hydrogen) atoms. The molecule has 0 aromatic heterocycles. The van der Waals surface area contributed by atoms with Gasteiger partial charge in [0.1, 0.15) is 5.60 Å². The zero-order valence-electron chi connectivity index (χ0n) is 31.8. The van der Waals surface area contributed by atoms with Crippen LogP contribution in [0.25, 0.3) is 0 Å². The van der Waals surface area contributed by atoms with E-state index < -0.39 is 27.3 Å². The Morgan fingerprint density at radius 1 is 0.481 bits per heavy atom. The van der Waals surface area contributed by atoms with E-state index in [1.54, 1.807) is 0 Å². The van der Waals surface area contributed by atoms with E-state index in [2.05, 4.69) is 27.7 Å².